The zero-order valence-corrected chi connectivity index (χ0v) is 8.78. The lowest BCUT2D eigenvalue weighted by atomic mass is 9.75. The van der Waals surface area contributed by atoms with Crippen molar-refractivity contribution in [3.8, 4) is 0 Å². The van der Waals surface area contributed by atoms with Crippen LogP contribution in [0, 0.1) is 35.0 Å². The molecule has 5 rings (SSSR count). The topological polar surface area (TPSA) is 9.23 Å². The van der Waals surface area contributed by atoms with Gasteiger partial charge in [-0.15, -0.1) is 0 Å². The lowest BCUT2D eigenvalue weighted by molar-refractivity contribution is 0.0446. The molecule has 0 N–H and O–H groups in total. The molecule has 5 aliphatic rings. The van der Waals surface area contributed by atoms with Crippen LogP contribution in [0.4, 0.5) is 0 Å². The van der Waals surface area contributed by atoms with Gasteiger partial charge in [0, 0.05) is 12.5 Å². The smallest absolute Gasteiger partial charge is 0.0527 e. The molecule has 0 radical (unpaired) electrons. The van der Waals surface area contributed by atoms with Crippen LogP contribution in [0.2, 0.25) is 0 Å². The van der Waals surface area contributed by atoms with Crippen LogP contribution in [0.25, 0.3) is 0 Å². The van der Waals surface area contributed by atoms with Gasteiger partial charge in [-0.3, -0.25) is 0 Å². The van der Waals surface area contributed by atoms with Gasteiger partial charge in [-0.25, -0.2) is 0 Å². The second-order valence-corrected chi connectivity index (χ2v) is 5.85. The summed E-state index contributed by atoms with van der Waals surface area (Å²) in [4.78, 5) is 0. The molecule has 6 atom stereocenters. The van der Waals surface area contributed by atoms with E-state index in [-0.39, 0.29) is 0 Å². The number of hydrogen-bond acceptors (Lipinski definition) is 1. The highest BCUT2D eigenvalue weighted by atomic mass is 16.5. The van der Waals surface area contributed by atoms with Crippen LogP contribution in [0.3, 0.4) is 0 Å². The number of allylic oxidation sites excluding steroid dienone is 2. The summed E-state index contributed by atoms with van der Waals surface area (Å²) in [5, 5.41) is 0. The fourth-order valence-electron chi connectivity index (χ4n) is 5.44. The minimum absolute atomic E-state index is 0.585. The van der Waals surface area contributed by atoms with Crippen LogP contribution in [-0.4, -0.2) is 13.7 Å². The van der Waals surface area contributed by atoms with Crippen LogP contribution in [-0.2, 0) is 4.74 Å². The van der Waals surface area contributed by atoms with E-state index in [0.29, 0.717) is 5.41 Å². The van der Waals surface area contributed by atoms with Gasteiger partial charge in [0.05, 0.1) is 6.61 Å². The van der Waals surface area contributed by atoms with Gasteiger partial charge in [-0.05, 0) is 48.9 Å². The number of ether oxygens (including phenoxy) is 1. The van der Waals surface area contributed by atoms with Gasteiger partial charge in [0.2, 0.25) is 0 Å². The van der Waals surface area contributed by atoms with E-state index in [0.717, 1.165) is 36.2 Å². The highest BCUT2D eigenvalue weighted by molar-refractivity contribution is 5.28. The van der Waals surface area contributed by atoms with Gasteiger partial charge in [0.25, 0.3) is 0 Å². The van der Waals surface area contributed by atoms with Crippen molar-refractivity contribution in [1.29, 1.82) is 0 Å². The summed E-state index contributed by atoms with van der Waals surface area (Å²) in [6, 6.07) is 0. The number of methoxy groups -OCH3 is 1. The van der Waals surface area contributed by atoms with Gasteiger partial charge in [0.1, 0.15) is 0 Å². The zero-order valence-electron chi connectivity index (χ0n) is 8.78. The maximum atomic E-state index is 5.52. The van der Waals surface area contributed by atoms with Gasteiger partial charge < -0.3 is 4.74 Å². The Morgan fingerprint density at radius 2 is 2.29 bits per heavy atom. The lowest BCUT2D eigenvalue weighted by Gasteiger charge is -2.32. The second kappa shape index (κ2) is 2.27. The first-order valence-electron chi connectivity index (χ1n) is 6.02. The molecule has 4 fully saturated rings. The average Bonchev–Trinajstić information content (AvgIpc) is 2.59. The number of hydrogen-bond donors (Lipinski definition) is 0. The maximum Gasteiger partial charge on any atom is 0.0527 e. The van der Waals surface area contributed by atoms with Crippen molar-refractivity contribution in [2.24, 2.45) is 35.0 Å². The van der Waals surface area contributed by atoms with E-state index in [9.17, 15) is 0 Å². The molecule has 1 nitrogen and oxygen atoms in total. The molecule has 0 amide bonds. The Kier molecular flexibility index (Phi) is 1.28. The molecule has 4 saturated carbocycles. The molecular weight excluding hydrogens is 172 g/mol. The van der Waals surface area contributed by atoms with Crippen molar-refractivity contribution in [1.82, 2.24) is 0 Å². The summed E-state index contributed by atoms with van der Waals surface area (Å²) in [6.45, 7) is 1.02. The maximum absolute atomic E-state index is 5.52. The Hall–Kier alpha value is -0.300. The zero-order chi connectivity index (χ0) is 9.34. The third kappa shape index (κ3) is 0.641. The van der Waals surface area contributed by atoms with Crippen molar-refractivity contribution >= 4 is 0 Å². The van der Waals surface area contributed by atoms with Crippen molar-refractivity contribution in [3.63, 3.8) is 0 Å². The Morgan fingerprint density at radius 1 is 1.36 bits per heavy atom. The predicted octanol–water partition coefficient (Wildman–Crippen LogP) is 2.48. The highest BCUT2D eigenvalue weighted by Gasteiger charge is 2.78. The first-order chi connectivity index (χ1) is 6.88. The largest absolute Gasteiger partial charge is 0.384 e. The molecular formula is C13H18O. The third-order valence-corrected chi connectivity index (χ3v) is 5.65. The van der Waals surface area contributed by atoms with E-state index in [1.807, 2.05) is 7.11 Å². The van der Waals surface area contributed by atoms with Crippen LogP contribution >= 0.6 is 0 Å². The van der Waals surface area contributed by atoms with Gasteiger partial charge >= 0.3 is 0 Å². The lowest BCUT2D eigenvalue weighted by Crippen LogP contribution is -2.31. The van der Waals surface area contributed by atoms with Gasteiger partial charge in [0.15, 0.2) is 0 Å². The van der Waals surface area contributed by atoms with Crippen molar-refractivity contribution in [3.05, 3.63) is 12.2 Å². The molecule has 6 bridgehead atoms. The Labute approximate surface area is 85.5 Å². The van der Waals surface area contributed by atoms with E-state index in [1.165, 1.54) is 19.3 Å². The molecule has 0 spiro atoms. The summed E-state index contributed by atoms with van der Waals surface area (Å²) in [6.07, 6.45) is 9.08. The Morgan fingerprint density at radius 3 is 3.07 bits per heavy atom. The Balaban J connectivity index is 1.79. The van der Waals surface area contributed by atoms with Crippen LogP contribution in [0.15, 0.2) is 12.2 Å². The monoisotopic (exact) mass is 190 g/mol. The van der Waals surface area contributed by atoms with Gasteiger partial charge in [-0.2, -0.15) is 0 Å². The molecule has 0 heterocycles. The normalized spacial score (nSPS) is 61.6. The first-order valence-corrected chi connectivity index (χ1v) is 6.02. The third-order valence-electron chi connectivity index (χ3n) is 5.65. The van der Waals surface area contributed by atoms with Crippen molar-refractivity contribution < 1.29 is 4.74 Å². The fraction of sp³-hybridized carbons (Fsp3) is 0.846. The molecule has 0 aromatic carbocycles. The molecule has 0 aromatic heterocycles. The molecule has 76 valence electrons. The quantitative estimate of drug-likeness (QED) is 0.608. The molecule has 0 aliphatic heterocycles. The van der Waals surface area contributed by atoms with E-state index < -0.39 is 0 Å². The highest BCUT2D eigenvalue weighted by Crippen LogP contribution is 2.82. The van der Waals surface area contributed by atoms with Gasteiger partial charge in [-0.1, -0.05) is 12.2 Å². The molecule has 5 aliphatic carbocycles. The molecule has 6 unspecified atom stereocenters. The fourth-order valence-corrected chi connectivity index (χ4v) is 5.44. The minimum atomic E-state index is 0.585. The SMILES string of the molecule is COCC12CC=CCC3C4C(CC31)C42. The minimum Gasteiger partial charge on any atom is -0.384 e. The van der Waals surface area contributed by atoms with E-state index in [4.69, 9.17) is 4.74 Å². The summed E-state index contributed by atoms with van der Waals surface area (Å²) in [5.74, 6) is 5.33. The van der Waals surface area contributed by atoms with Crippen LogP contribution in [0.5, 0.6) is 0 Å². The summed E-state index contributed by atoms with van der Waals surface area (Å²) < 4.78 is 5.52. The van der Waals surface area contributed by atoms with E-state index in [2.05, 4.69) is 12.2 Å². The first kappa shape index (κ1) is 7.92. The average molecular weight is 190 g/mol. The van der Waals surface area contributed by atoms with E-state index in [1.54, 1.807) is 0 Å². The molecule has 0 aromatic rings. The Bertz CT molecular complexity index is 308. The standard InChI is InChI=1S/C13H18O/c1-14-7-13-5-3-2-4-8-10(13)6-9-11(8)12(9)13/h2-3,8-12H,4-7H2,1H3. The number of rotatable bonds is 2. The van der Waals surface area contributed by atoms with E-state index >= 15 is 0 Å². The summed E-state index contributed by atoms with van der Waals surface area (Å²) >= 11 is 0. The van der Waals surface area contributed by atoms with Crippen molar-refractivity contribution in [2.45, 2.75) is 19.3 Å². The molecule has 0 saturated heterocycles. The predicted molar refractivity (Wildman–Crippen MR) is 54.8 cm³/mol. The van der Waals surface area contributed by atoms with Crippen LogP contribution in [0.1, 0.15) is 19.3 Å². The summed E-state index contributed by atoms with van der Waals surface area (Å²) in [7, 11) is 1.88. The second-order valence-electron chi connectivity index (χ2n) is 5.85. The van der Waals surface area contributed by atoms with Crippen LogP contribution < -0.4 is 0 Å². The summed E-state index contributed by atoms with van der Waals surface area (Å²) in [5.41, 5.74) is 0.585. The molecule has 1 heteroatoms. The molecule has 14 heavy (non-hydrogen) atoms. The van der Waals surface area contributed by atoms with Crippen molar-refractivity contribution in [2.75, 3.05) is 13.7 Å².